The van der Waals surface area contributed by atoms with Crippen molar-refractivity contribution in [2.45, 2.75) is 26.6 Å². The highest BCUT2D eigenvalue weighted by molar-refractivity contribution is 5.59. The van der Waals surface area contributed by atoms with Crippen LogP contribution in [0.25, 0.3) is 0 Å². The number of halogens is 3. The molecule has 0 saturated heterocycles. The van der Waals surface area contributed by atoms with E-state index in [4.69, 9.17) is 0 Å². The van der Waals surface area contributed by atoms with Crippen LogP contribution in [0.2, 0.25) is 0 Å². The van der Waals surface area contributed by atoms with E-state index >= 15 is 0 Å². The van der Waals surface area contributed by atoms with Crippen LogP contribution in [0.4, 0.5) is 24.7 Å². The van der Waals surface area contributed by atoms with Crippen molar-refractivity contribution in [1.82, 2.24) is 9.78 Å². The summed E-state index contributed by atoms with van der Waals surface area (Å²) in [6.07, 6.45) is -4.38. The number of aryl methyl sites for hydroxylation is 2. The number of ether oxygens (including phenoxy) is 1. The minimum atomic E-state index is -4.38. The number of nitrogens with zero attached hydrogens (tertiary/aromatic N) is 3. The fourth-order valence-electron chi connectivity index (χ4n) is 1.62. The Bertz CT molecular complexity index is 473. The standard InChI is InChI=1S/C10H15F3N4O3/c1-3-16-9(8(17(18)19)7(2)15-16)14-4-5-20-6-10(11,12)13/h14H,3-6H2,1-2H3. The SMILES string of the molecule is CCn1nc(C)c([N+](=O)[O-])c1NCCOCC(F)(F)F. The first-order valence-electron chi connectivity index (χ1n) is 5.86. The molecule has 0 radical (unpaired) electrons. The Kier molecular flexibility index (Phi) is 5.31. The van der Waals surface area contributed by atoms with Gasteiger partial charge in [-0.3, -0.25) is 10.1 Å². The minimum Gasteiger partial charge on any atom is -0.370 e. The monoisotopic (exact) mass is 296 g/mol. The average molecular weight is 296 g/mol. The number of rotatable bonds is 7. The van der Waals surface area contributed by atoms with Gasteiger partial charge in [0.2, 0.25) is 5.82 Å². The molecule has 0 bridgehead atoms. The summed E-state index contributed by atoms with van der Waals surface area (Å²) in [5, 5.41) is 17.6. The molecule has 0 atom stereocenters. The third-order valence-corrected chi connectivity index (χ3v) is 2.38. The number of alkyl halides is 3. The zero-order valence-electron chi connectivity index (χ0n) is 11.0. The lowest BCUT2D eigenvalue weighted by Gasteiger charge is -2.09. The topological polar surface area (TPSA) is 82.2 Å². The van der Waals surface area contributed by atoms with Crippen molar-refractivity contribution in [2.24, 2.45) is 0 Å². The zero-order chi connectivity index (χ0) is 15.3. The maximum atomic E-state index is 11.8. The summed E-state index contributed by atoms with van der Waals surface area (Å²) in [7, 11) is 0. The first-order valence-corrected chi connectivity index (χ1v) is 5.86. The molecule has 10 heteroatoms. The maximum Gasteiger partial charge on any atom is 0.411 e. The van der Waals surface area contributed by atoms with Crippen LogP contribution in [0.3, 0.4) is 0 Å². The van der Waals surface area contributed by atoms with E-state index in [1.54, 1.807) is 6.92 Å². The second kappa shape index (κ2) is 6.55. The van der Waals surface area contributed by atoms with E-state index < -0.39 is 17.7 Å². The largest absolute Gasteiger partial charge is 0.411 e. The first-order chi connectivity index (χ1) is 9.26. The van der Waals surface area contributed by atoms with Gasteiger partial charge in [0, 0.05) is 13.1 Å². The molecule has 0 aromatic carbocycles. The van der Waals surface area contributed by atoms with E-state index in [1.807, 2.05) is 0 Å². The summed E-state index contributed by atoms with van der Waals surface area (Å²) < 4.78 is 41.3. The van der Waals surface area contributed by atoms with Crippen molar-refractivity contribution in [3.63, 3.8) is 0 Å². The molecule has 1 aromatic heterocycles. The van der Waals surface area contributed by atoms with Gasteiger partial charge in [0.15, 0.2) is 0 Å². The normalized spacial score (nSPS) is 11.7. The molecule has 1 rings (SSSR count). The van der Waals surface area contributed by atoms with E-state index in [2.05, 4.69) is 15.2 Å². The summed E-state index contributed by atoms with van der Waals surface area (Å²) in [5.41, 5.74) is 0.0678. The van der Waals surface area contributed by atoms with E-state index in [0.717, 1.165) is 0 Å². The molecule has 0 aliphatic rings. The highest BCUT2D eigenvalue weighted by atomic mass is 19.4. The average Bonchev–Trinajstić information content (AvgIpc) is 2.63. The zero-order valence-corrected chi connectivity index (χ0v) is 11.0. The van der Waals surface area contributed by atoms with Gasteiger partial charge >= 0.3 is 11.9 Å². The number of hydrogen-bond acceptors (Lipinski definition) is 5. The highest BCUT2D eigenvalue weighted by Gasteiger charge is 2.27. The fourth-order valence-corrected chi connectivity index (χ4v) is 1.62. The third kappa shape index (κ3) is 4.37. The van der Waals surface area contributed by atoms with Crippen LogP contribution in [0, 0.1) is 17.0 Å². The second-order valence-electron chi connectivity index (χ2n) is 3.95. The molecule has 114 valence electrons. The van der Waals surface area contributed by atoms with Crippen molar-refractivity contribution in [2.75, 3.05) is 25.1 Å². The Morgan fingerprint density at radius 2 is 2.15 bits per heavy atom. The van der Waals surface area contributed by atoms with Gasteiger partial charge in [-0.15, -0.1) is 0 Å². The molecule has 1 N–H and O–H groups in total. The second-order valence-corrected chi connectivity index (χ2v) is 3.95. The van der Waals surface area contributed by atoms with Crippen molar-refractivity contribution >= 4 is 11.5 Å². The van der Waals surface area contributed by atoms with Gasteiger partial charge in [0.25, 0.3) is 0 Å². The molecule has 7 nitrogen and oxygen atoms in total. The van der Waals surface area contributed by atoms with E-state index in [9.17, 15) is 23.3 Å². The first kappa shape index (κ1) is 16.2. The Morgan fingerprint density at radius 1 is 1.50 bits per heavy atom. The molecule has 0 unspecified atom stereocenters. The molecule has 0 saturated carbocycles. The predicted molar refractivity (Wildman–Crippen MR) is 64.7 cm³/mol. The lowest BCUT2D eigenvalue weighted by atomic mass is 10.4. The molecular formula is C10H15F3N4O3. The van der Waals surface area contributed by atoms with Gasteiger partial charge in [-0.25, -0.2) is 4.68 Å². The van der Waals surface area contributed by atoms with E-state index in [0.29, 0.717) is 6.54 Å². The molecule has 0 fully saturated rings. The van der Waals surface area contributed by atoms with Gasteiger partial charge < -0.3 is 10.1 Å². The van der Waals surface area contributed by atoms with E-state index in [1.165, 1.54) is 11.6 Å². The van der Waals surface area contributed by atoms with Crippen molar-refractivity contribution in [3.8, 4) is 0 Å². The Labute approximate surface area is 112 Å². The van der Waals surface area contributed by atoms with Gasteiger partial charge in [0.1, 0.15) is 12.3 Å². The Morgan fingerprint density at radius 3 is 2.65 bits per heavy atom. The van der Waals surface area contributed by atoms with Crippen molar-refractivity contribution in [1.29, 1.82) is 0 Å². The van der Waals surface area contributed by atoms with Crippen LogP contribution in [-0.4, -0.2) is 40.6 Å². The molecule has 0 aliphatic carbocycles. The number of aromatic nitrogens is 2. The number of nitrogens with one attached hydrogen (secondary N) is 1. The molecule has 1 aromatic rings. The van der Waals surface area contributed by atoms with Crippen LogP contribution in [0.5, 0.6) is 0 Å². The summed E-state index contributed by atoms with van der Waals surface area (Å²) in [4.78, 5) is 10.3. The van der Waals surface area contributed by atoms with Crippen LogP contribution in [0.1, 0.15) is 12.6 Å². The fraction of sp³-hybridized carbons (Fsp3) is 0.700. The Hall–Kier alpha value is -1.84. The molecular weight excluding hydrogens is 281 g/mol. The predicted octanol–water partition coefficient (Wildman–Crippen LogP) is 2.11. The summed E-state index contributed by atoms with van der Waals surface area (Å²) >= 11 is 0. The molecule has 0 spiro atoms. The number of anilines is 1. The van der Waals surface area contributed by atoms with Gasteiger partial charge in [-0.05, 0) is 13.8 Å². The smallest absolute Gasteiger partial charge is 0.370 e. The van der Waals surface area contributed by atoms with Crippen molar-refractivity contribution in [3.05, 3.63) is 15.8 Å². The summed E-state index contributed by atoms with van der Waals surface area (Å²) in [5.74, 6) is 0.172. The maximum absolute atomic E-state index is 11.8. The minimum absolute atomic E-state index is 0.0159. The lowest BCUT2D eigenvalue weighted by molar-refractivity contribution is -0.384. The highest BCUT2D eigenvalue weighted by Crippen LogP contribution is 2.27. The Balaban J connectivity index is 2.61. The lowest BCUT2D eigenvalue weighted by Crippen LogP contribution is -2.20. The number of nitro groups is 1. The van der Waals surface area contributed by atoms with Crippen LogP contribution >= 0.6 is 0 Å². The van der Waals surface area contributed by atoms with E-state index in [-0.39, 0.29) is 30.4 Å². The van der Waals surface area contributed by atoms with Crippen LogP contribution < -0.4 is 5.32 Å². The van der Waals surface area contributed by atoms with Gasteiger partial charge in [0.05, 0.1) is 11.5 Å². The third-order valence-electron chi connectivity index (χ3n) is 2.38. The summed E-state index contributed by atoms with van der Waals surface area (Å²) in [6, 6.07) is 0. The van der Waals surface area contributed by atoms with Gasteiger partial charge in [-0.2, -0.15) is 18.3 Å². The van der Waals surface area contributed by atoms with Crippen molar-refractivity contribution < 1.29 is 22.8 Å². The molecule has 1 heterocycles. The van der Waals surface area contributed by atoms with Gasteiger partial charge in [-0.1, -0.05) is 0 Å². The summed E-state index contributed by atoms with van der Waals surface area (Å²) in [6.45, 7) is 2.10. The van der Waals surface area contributed by atoms with Crippen LogP contribution in [0.15, 0.2) is 0 Å². The molecule has 20 heavy (non-hydrogen) atoms. The molecule has 0 amide bonds. The number of hydrogen-bond donors (Lipinski definition) is 1. The quantitative estimate of drug-likeness (QED) is 0.473. The molecule has 0 aliphatic heterocycles. The van der Waals surface area contributed by atoms with Crippen LogP contribution in [-0.2, 0) is 11.3 Å².